The molecule has 114 valence electrons. The number of methoxy groups -OCH3 is 1. The first-order valence-electron chi connectivity index (χ1n) is 6.52. The molecule has 0 bridgehead atoms. The molecule has 6 heteroatoms. The largest absolute Gasteiger partial charge is 0.497 e. The number of nitrogens with one attached hydrogen (secondary N) is 1. The van der Waals surface area contributed by atoms with Crippen LogP contribution in [0.1, 0.15) is 5.56 Å². The molecule has 0 unspecified atom stereocenters. The molecule has 1 amide bonds. The van der Waals surface area contributed by atoms with Crippen LogP contribution in [-0.4, -0.2) is 25.8 Å². The molecule has 0 heterocycles. The van der Waals surface area contributed by atoms with Gasteiger partial charge in [0.25, 0.3) is 5.91 Å². The van der Waals surface area contributed by atoms with Crippen molar-refractivity contribution in [2.45, 2.75) is 0 Å². The number of halogens is 1. The van der Waals surface area contributed by atoms with Crippen LogP contribution in [0.5, 0.6) is 5.75 Å². The van der Waals surface area contributed by atoms with Crippen molar-refractivity contribution in [1.29, 1.82) is 0 Å². The number of oxime groups is 1. The average Bonchev–Trinajstić information content (AvgIpc) is 2.52. The van der Waals surface area contributed by atoms with Gasteiger partial charge in [0, 0.05) is 5.69 Å². The fourth-order valence-corrected chi connectivity index (χ4v) is 1.65. The normalized spacial score (nSPS) is 10.5. The number of benzene rings is 2. The number of ether oxygens (including phenoxy) is 1. The maximum absolute atomic E-state index is 12.9. The zero-order valence-corrected chi connectivity index (χ0v) is 12.0. The lowest BCUT2D eigenvalue weighted by Gasteiger charge is -2.05. The summed E-state index contributed by atoms with van der Waals surface area (Å²) in [4.78, 5) is 16.5. The first kappa shape index (κ1) is 15.5. The fraction of sp³-hybridized carbons (Fsp3) is 0.125. The van der Waals surface area contributed by atoms with Crippen LogP contribution in [-0.2, 0) is 9.63 Å². The van der Waals surface area contributed by atoms with E-state index >= 15 is 0 Å². The summed E-state index contributed by atoms with van der Waals surface area (Å²) >= 11 is 0. The van der Waals surface area contributed by atoms with E-state index in [-0.39, 0.29) is 18.3 Å². The molecular weight excluding hydrogens is 287 g/mol. The van der Waals surface area contributed by atoms with Gasteiger partial charge in [0.15, 0.2) is 6.61 Å². The minimum absolute atomic E-state index is 0.238. The molecule has 5 nitrogen and oxygen atoms in total. The van der Waals surface area contributed by atoms with E-state index in [0.717, 1.165) is 0 Å². The van der Waals surface area contributed by atoms with Gasteiger partial charge in [0.05, 0.1) is 13.3 Å². The molecule has 0 saturated carbocycles. The van der Waals surface area contributed by atoms with Gasteiger partial charge in [-0.05, 0) is 42.0 Å². The van der Waals surface area contributed by atoms with Gasteiger partial charge in [0.1, 0.15) is 11.6 Å². The second-order valence-corrected chi connectivity index (χ2v) is 4.34. The third-order valence-electron chi connectivity index (χ3n) is 2.69. The van der Waals surface area contributed by atoms with E-state index < -0.39 is 0 Å². The summed E-state index contributed by atoms with van der Waals surface area (Å²) in [5.41, 5.74) is 1.18. The number of hydrogen-bond acceptors (Lipinski definition) is 4. The minimum atomic E-state index is -0.360. The third kappa shape index (κ3) is 4.90. The number of amides is 1. The predicted molar refractivity (Wildman–Crippen MR) is 81.6 cm³/mol. The van der Waals surface area contributed by atoms with Crippen molar-refractivity contribution in [1.82, 2.24) is 0 Å². The Morgan fingerprint density at radius 1 is 1.27 bits per heavy atom. The average molecular weight is 302 g/mol. The number of carbonyl (C=O) groups is 1. The highest BCUT2D eigenvalue weighted by molar-refractivity contribution is 5.91. The first-order valence-corrected chi connectivity index (χ1v) is 6.52. The van der Waals surface area contributed by atoms with Crippen molar-refractivity contribution in [3.05, 3.63) is 59.9 Å². The van der Waals surface area contributed by atoms with Crippen LogP contribution in [0.2, 0.25) is 0 Å². The molecule has 2 aromatic rings. The summed E-state index contributed by atoms with van der Waals surface area (Å²) in [7, 11) is 1.57. The molecule has 0 aromatic heterocycles. The third-order valence-corrected chi connectivity index (χ3v) is 2.69. The van der Waals surface area contributed by atoms with Gasteiger partial charge < -0.3 is 14.9 Å². The van der Waals surface area contributed by atoms with Crippen LogP contribution in [0.25, 0.3) is 0 Å². The van der Waals surface area contributed by atoms with E-state index in [1.807, 2.05) is 0 Å². The summed E-state index contributed by atoms with van der Waals surface area (Å²) in [5.74, 6) is -0.00306. The zero-order chi connectivity index (χ0) is 15.8. The molecule has 0 saturated heterocycles. The Hall–Kier alpha value is -2.89. The number of nitrogens with zero attached hydrogens (tertiary/aromatic N) is 1. The van der Waals surface area contributed by atoms with Gasteiger partial charge >= 0.3 is 0 Å². The smallest absolute Gasteiger partial charge is 0.265 e. The van der Waals surface area contributed by atoms with Crippen molar-refractivity contribution in [3.63, 3.8) is 0 Å². The number of rotatable bonds is 6. The van der Waals surface area contributed by atoms with Gasteiger partial charge in [-0.3, -0.25) is 4.79 Å². The summed E-state index contributed by atoms with van der Waals surface area (Å²) in [6, 6.07) is 12.8. The fourth-order valence-electron chi connectivity index (χ4n) is 1.65. The second kappa shape index (κ2) is 7.78. The number of anilines is 1. The topological polar surface area (TPSA) is 59.9 Å². The van der Waals surface area contributed by atoms with Crippen LogP contribution in [0.15, 0.2) is 53.7 Å². The Kier molecular flexibility index (Phi) is 5.48. The molecule has 2 rings (SSSR count). The first-order chi connectivity index (χ1) is 10.7. The minimum Gasteiger partial charge on any atom is -0.497 e. The standard InChI is InChI=1S/C16H15FN2O3/c1-21-15-7-5-14(6-8-15)19-16(20)11-22-18-10-12-3-2-4-13(17)9-12/h2-10H,11H2,1H3,(H,19,20)/b18-10-. The predicted octanol–water partition coefficient (Wildman–Crippen LogP) is 2.82. The Labute approximate surface area is 127 Å². The molecule has 22 heavy (non-hydrogen) atoms. The molecule has 0 aliphatic heterocycles. The summed E-state index contributed by atoms with van der Waals surface area (Å²) in [6.07, 6.45) is 1.34. The van der Waals surface area contributed by atoms with E-state index in [4.69, 9.17) is 9.57 Å². The lowest BCUT2D eigenvalue weighted by molar-refractivity contribution is -0.120. The SMILES string of the molecule is COc1ccc(NC(=O)CO/N=C\c2cccc(F)c2)cc1. The molecular formula is C16H15FN2O3. The summed E-state index contributed by atoms with van der Waals surface area (Å²) < 4.78 is 17.9. The van der Waals surface area contributed by atoms with Crippen molar-refractivity contribution < 1.29 is 18.8 Å². The van der Waals surface area contributed by atoms with Crippen molar-refractivity contribution in [3.8, 4) is 5.75 Å². The molecule has 2 aromatic carbocycles. The molecule has 0 aliphatic carbocycles. The summed E-state index contributed by atoms with van der Waals surface area (Å²) in [6.45, 7) is -0.238. The van der Waals surface area contributed by atoms with Gasteiger partial charge in [-0.2, -0.15) is 0 Å². The molecule has 0 fully saturated rings. The van der Waals surface area contributed by atoms with Crippen LogP contribution in [0.4, 0.5) is 10.1 Å². The van der Waals surface area contributed by atoms with E-state index in [0.29, 0.717) is 17.0 Å². The zero-order valence-electron chi connectivity index (χ0n) is 12.0. The molecule has 1 N–H and O–H groups in total. The Bertz CT molecular complexity index is 657. The van der Waals surface area contributed by atoms with Crippen LogP contribution in [0.3, 0.4) is 0 Å². The van der Waals surface area contributed by atoms with E-state index in [1.165, 1.54) is 18.3 Å². The monoisotopic (exact) mass is 302 g/mol. The Morgan fingerprint density at radius 3 is 2.73 bits per heavy atom. The highest BCUT2D eigenvalue weighted by Gasteiger charge is 2.02. The lowest BCUT2D eigenvalue weighted by Crippen LogP contribution is -2.16. The van der Waals surface area contributed by atoms with E-state index in [9.17, 15) is 9.18 Å². The van der Waals surface area contributed by atoms with Gasteiger partial charge in [-0.25, -0.2) is 4.39 Å². The van der Waals surface area contributed by atoms with Crippen molar-refractivity contribution >= 4 is 17.8 Å². The van der Waals surface area contributed by atoms with E-state index in [1.54, 1.807) is 43.5 Å². The molecule has 0 atom stereocenters. The van der Waals surface area contributed by atoms with Crippen LogP contribution < -0.4 is 10.1 Å². The molecule has 0 aliphatic rings. The quantitative estimate of drug-likeness (QED) is 0.659. The Balaban J connectivity index is 1.77. The van der Waals surface area contributed by atoms with Crippen molar-refractivity contribution in [2.75, 3.05) is 19.0 Å². The van der Waals surface area contributed by atoms with E-state index in [2.05, 4.69) is 10.5 Å². The van der Waals surface area contributed by atoms with Gasteiger partial charge in [0.2, 0.25) is 0 Å². The number of carbonyl (C=O) groups excluding carboxylic acids is 1. The van der Waals surface area contributed by atoms with Gasteiger partial charge in [-0.1, -0.05) is 17.3 Å². The highest BCUT2D eigenvalue weighted by atomic mass is 19.1. The maximum Gasteiger partial charge on any atom is 0.265 e. The summed E-state index contributed by atoms with van der Waals surface area (Å²) in [5, 5.41) is 6.27. The second-order valence-electron chi connectivity index (χ2n) is 4.34. The van der Waals surface area contributed by atoms with Gasteiger partial charge in [-0.15, -0.1) is 0 Å². The van der Waals surface area contributed by atoms with Crippen molar-refractivity contribution in [2.24, 2.45) is 5.16 Å². The van der Waals surface area contributed by atoms with Crippen LogP contribution in [0, 0.1) is 5.82 Å². The maximum atomic E-state index is 12.9. The highest BCUT2D eigenvalue weighted by Crippen LogP contribution is 2.14. The lowest BCUT2D eigenvalue weighted by atomic mass is 10.2. The molecule has 0 spiro atoms. The number of hydrogen-bond donors (Lipinski definition) is 1. The Morgan fingerprint density at radius 2 is 2.05 bits per heavy atom. The molecule has 0 radical (unpaired) electrons. The van der Waals surface area contributed by atoms with Crippen LogP contribution >= 0.6 is 0 Å².